The fourth-order valence-electron chi connectivity index (χ4n) is 4.20. The second kappa shape index (κ2) is 8.44. The maximum absolute atomic E-state index is 13.8. The third-order valence-electron chi connectivity index (χ3n) is 5.79. The Labute approximate surface area is 193 Å². The number of aryl methyl sites for hydroxylation is 1. The van der Waals surface area contributed by atoms with Gasteiger partial charge < -0.3 is 5.32 Å². The van der Waals surface area contributed by atoms with E-state index in [4.69, 9.17) is 4.98 Å². The Morgan fingerprint density at radius 2 is 2.16 bits per heavy atom. The number of rotatable bonds is 5. The minimum atomic E-state index is -0.455. The molecule has 3 heterocycles. The van der Waals surface area contributed by atoms with Gasteiger partial charge in [-0.25, -0.2) is 9.37 Å². The molecule has 1 aromatic carbocycles. The lowest BCUT2D eigenvalue weighted by atomic mass is 9.89. The Kier molecular flexibility index (Phi) is 5.63. The van der Waals surface area contributed by atoms with Crippen LogP contribution < -0.4 is 5.32 Å². The molecule has 1 aliphatic rings. The van der Waals surface area contributed by atoms with Crippen molar-refractivity contribution in [2.45, 2.75) is 51.1 Å². The van der Waals surface area contributed by atoms with Crippen LogP contribution in [0.3, 0.4) is 0 Å². The van der Waals surface area contributed by atoms with Crippen LogP contribution in [0.4, 0.5) is 10.1 Å². The van der Waals surface area contributed by atoms with Gasteiger partial charge in [-0.3, -0.25) is 9.20 Å². The first-order valence-corrected chi connectivity index (χ1v) is 12.6. The number of hydrogen-bond donors (Lipinski definition) is 1. The van der Waals surface area contributed by atoms with Crippen molar-refractivity contribution in [3.05, 3.63) is 46.3 Å². The summed E-state index contributed by atoms with van der Waals surface area (Å²) in [6, 6.07) is 6.14. The third kappa shape index (κ3) is 3.77. The summed E-state index contributed by atoms with van der Waals surface area (Å²) in [6.45, 7) is 6.50. The molecule has 0 bridgehead atoms. The summed E-state index contributed by atoms with van der Waals surface area (Å²) < 4.78 is 15.8. The van der Waals surface area contributed by atoms with Crippen LogP contribution in [0, 0.1) is 11.7 Å². The van der Waals surface area contributed by atoms with E-state index in [1.54, 1.807) is 29.5 Å². The van der Waals surface area contributed by atoms with E-state index in [9.17, 15) is 9.18 Å². The van der Waals surface area contributed by atoms with Crippen molar-refractivity contribution in [2.75, 3.05) is 11.1 Å². The number of hydrogen-bond acceptors (Lipinski definition) is 6. The summed E-state index contributed by atoms with van der Waals surface area (Å²) in [7, 11) is 0. The summed E-state index contributed by atoms with van der Waals surface area (Å²) in [4.78, 5) is 19.9. The smallest absolute Gasteiger partial charge is 0.234 e. The van der Waals surface area contributed by atoms with Crippen molar-refractivity contribution < 1.29 is 9.18 Å². The van der Waals surface area contributed by atoms with Gasteiger partial charge in [0, 0.05) is 10.8 Å². The largest absolute Gasteiger partial charge is 0.323 e. The second-order valence-electron chi connectivity index (χ2n) is 8.61. The number of benzene rings is 1. The zero-order chi connectivity index (χ0) is 22.4. The predicted octanol–water partition coefficient (Wildman–Crippen LogP) is 5.46. The standard InChI is InChI=1S/C23H24FN5OS2/c1-12(2)20-26-22-19(14-9-8-13(3)10-17(14)32-22)21-27-28-23(29(20)21)31-11-18(30)25-16-7-5-4-6-15(16)24/h4-7,12-13H,8-11H2,1-3H3,(H,25,30). The number of carbonyl (C=O) groups excluding carboxylic acids is 1. The summed E-state index contributed by atoms with van der Waals surface area (Å²) in [5.74, 6) is 1.10. The number of fused-ring (bicyclic) bond motifs is 5. The maximum atomic E-state index is 13.8. The zero-order valence-electron chi connectivity index (χ0n) is 18.2. The highest BCUT2D eigenvalue weighted by molar-refractivity contribution is 7.99. The summed E-state index contributed by atoms with van der Waals surface area (Å²) in [5.41, 5.74) is 2.36. The topological polar surface area (TPSA) is 72.2 Å². The Balaban J connectivity index is 1.49. The molecular weight excluding hydrogens is 445 g/mol. The minimum Gasteiger partial charge on any atom is -0.323 e. The number of aromatic nitrogens is 4. The number of nitrogens with one attached hydrogen (secondary N) is 1. The quantitative estimate of drug-likeness (QED) is 0.393. The first-order chi connectivity index (χ1) is 15.4. The average Bonchev–Trinajstić information content (AvgIpc) is 3.33. The van der Waals surface area contributed by atoms with Crippen molar-refractivity contribution in [2.24, 2.45) is 5.92 Å². The lowest BCUT2D eigenvalue weighted by Crippen LogP contribution is -2.15. The first-order valence-electron chi connectivity index (χ1n) is 10.8. The molecule has 4 aromatic rings. The molecular formula is C23H24FN5OS2. The highest BCUT2D eigenvalue weighted by atomic mass is 32.2. The van der Waals surface area contributed by atoms with E-state index in [1.807, 2.05) is 4.40 Å². The highest BCUT2D eigenvalue weighted by Crippen LogP contribution is 2.40. The van der Waals surface area contributed by atoms with Gasteiger partial charge in [-0.2, -0.15) is 0 Å². The molecule has 0 aliphatic heterocycles. The van der Waals surface area contributed by atoms with Gasteiger partial charge in [-0.05, 0) is 42.9 Å². The van der Waals surface area contributed by atoms with Crippen LogP contribution in [0.5, 0.6) is 0 Å². The molecule has 0 fully saturated rings. The molecule has 6 nitrogen and oxygen atoms in total. The molecule has 0 saturated carbocycles. The highest BCUT2D eigenvalue weighted by Gasteiger charge is 2.26. The van der Waals surface area contributed by atoms with Gasteiger partial charge in [0.05, 0.1) is 16.8 Å². The van der Waals surface area contributed by atoms with E-state index in [0.717, 1.165) is 34.5 Å². The molecule has 1 unspecified atom stereocenters. The maximum Gasteiger partial charge on any atom is 0.234 e. The lowest BCUT2D eigenvalue weighted by molar-refractivity contribution is -0.113. The van der Waals surface area contributed by atoms with E-state index in [0.29, 0.717) is 11.1 Å². The number of thioether (sulfide) groups is 1. The van der Waals surface area contributed by atoms with Crippen molar-refractivity contribution in [3.8, 4) is 0 Å². The molecule has 0 radical (unpaired) electrons. The van der Waals surface area contributed by atoms with Crippen LogP contribution in [-0.4, -0.2) is 31.2 Å². The molecule has 32 heavy (non-hydrogen) atoms. The normalized spacial score (nSPS) is 16.1. The Morgan fingerprint density at radius 3 is 2.94 bits per heavy atom. The van der Waals surface area contributed by atoms with Crippen molar-refractivity contribution >= 4 is 50.6 Å². The number of halogens is 1. The van der Waals surface area contributed by atoms with Gasteiger partial charge in [0.2, 0.25) is 5.91 Å². The Morgan fingerprint density at radius 1 is 1.34 bits per heavy atom. The van der Waals surface area contributed by atoms with Crippen LogP contribution in [0.25, 0.3) is 15.9 Å². The molecule has 166 valence electrons. The summed E-state index contributed by atoms with van der Waals surface area (Å²) in [5, 5.41) is 13.3. The first kappa shape index (κ1) is 21.3. The van der Waals surface area contributed by atoms with Gasteiger partial charge in [-0.15, -0.1) is 21.5 Å². The predicted molar refractivity (Wildman–Crippen MR) is 127 cm³/mol. The molecule has 0 saturated heterocycles. The van der Waals surface area contributed by atoms with Gasteiger partial charge >= 0.3 is 0 Å². The number of carbonyl (C=O) groups is 1. The number of para-hydroxylation sites is 1. The second-order valence-corrected chi connectivity index (χ2v) is 10.6. The molecule has 0 spiro atoms. The third-order valence-corrected chi connectivity index (χ3v) is 7.87. The van der Waals surface area contributed by atoms with E-state index < -0.39 is 5.82 Å². The molecule has 3 aromatic heterocycles. The molecule has 1 N–H and O–H groups in total. The number of amides is 1. The van der Waals surface area contributed by atoms with Crippen LogP contribution in [0.1, 0.15) is 49.4 Å². The van der Waals surface area contributed by atoms with Crippen molar-refractivity contribution in [1.82, 2.24) is 19.6 Å². The zero-order valence-corrected chi connectivity index (χ0v) is 19.8. The van der Waals surface area contributed by atoms with Gasteiger partial charge in [0.15, 0.2) is 10.8 Å². The van der Waals surface area contributed by atoms with Crippen LogP contribution >= 0.6 is 23.1 Å². The average molecular weight is 470 g/mol. The van der Waals surface area contributed by atoms with Gasteiger partial charge in [0.1, 0.15) is 16.5 Å². The van der Waals surface area contributed by atoms with E-state index in [2.05, 4.69) is 36.3 Å². The van der Waals surface area contributed by atoms with Gasteiger partial charge in [-0.1, -0.05) is 44.7 Å². The minimum absolute atomic E-state index is 0.101. The van der Waals surface area contributed by atoms with E-state index in [-0.39, 0.29) is 23.3 Å². The fourth-order valence-corrected chi connectivity index (χ4v) is 6.32. The Bertz CT molecular complexity index is 1330. The fraction of sp³-hybridized carbons (Fsp3) is 0.391. The van der Waals surface area contributed by atoms with Crippen LogP contribution in [0.15, 0.2) is 29.4 Å². The SMILES string of the molecule is CC1CCc2c(sc3nc(C(C)C)n4c(SCC(=O)Nc5ccccc5F)nnc4c23)C1. The lowest BCUT2D eigenvalue weighted by Gasteiger charge is -2.17. The number of thiophene rings is 1. The molecule has 1 amide bonds. The van der Waals surface area contributed by atoms with Crippen molar-refractivity contribution in [3.63, 3.8) is 0 Å². The van der Waals surface area contributed by atoms with Gasteiger partial charge in [0.25, 0.3) is 0 Å². The summed E-state index contributed by atoms with van der Waals surface area (Å²) in [6.07, 6.45) is 3.30. The monoisotopic (exact) mass is 469 g/mol. The number of anilines is 1. The molecule has 1 aliphatic carbocycles. The summed E-state index contributed by atoms with van der Waals surface area (Å²) >= 11 is 3.07. The van der Waals surface area contributed by atoms with E-state index >= 15 is 0 Å². The number of nitrogens with zero attached hydrogens (tertiary/aromatic N) is 4. The molecule has 1 atom stereocenters. The van der Waals surface area contributed by atoms with Crippen molar-refractivity contribution in [1.29, 1.82) is 0 Å². The molecule has 9 heteroatoms. The Hall–Kier alpha value is -2.52. The van der Waals surface area contributed by atoms with Crippen LogP contribution in [0.2, 0.25) is 0 Å². The van der Waals surface area contributed by atoms with E-state index in [1.165, 1.54) is 34.7 Å². The van der Waals surface area contributed by atoms with Crippen LogP contribution in [-0.2, 0) is 17.6 Å². The molecule has 5 rings (SSSR count).